The maximum atomic E-state index is 14.1. The minimum Gasteiger partial charge on any atom is -0.464 e. The summed E-state index contributed by atoms with van der Waals surface area (Å²) in [4.78, 5) is 51.2. The van der Waals surface area contributed by atoms with Gasteiger partial charge in [0.25, 0.3) is 5.91 Å². The van der Waals surface area contributed by atoms with Crippen LogP contribution in [0.5, 0.6) is 0 Å². The normalized spacial score (nSPS) is 28.3. The summed E-state index contributed by atoms with van der Waals surface area (Å²) in [5, 5.41) is 6.55. The topological polar surface area (TPSA) is 127 Å². The van der Waals surface area contributed by atoms with E-state index in [0.29, 0.717) is 32.2 Å². The Morgan fingerprint density at radius 1 is 1.28 bits per heavy atom. The molecule has 7 atom stereocenters. The maximum absolute atomic E-state index is 14.1. The van der Waals surface area contributed by atoms with Crippen LogP contribution in [-0.2, 0) is 36.8 Å². The number of ether oxygens (including phenoxy) is 2. The number of rotatable bonds is 9. The highest BCUT2D eigenvalue weighted by Crippen LogP contribution is 2.46. The highest BCUT2D eigenvalue weighted by molar-refractivity contribution is 8.14. The highest BCUT2D eigenvalue weighted by Gasteiger charge is 2.49. The molecule has 11 nitrogen and oxygen atoms in total. The highest BCUT2D eigenvalue weighted by atomic mass is 32.2. The Bertz CT molecular complexity index is 1870. The van der Waals surface area contributed by atoms with Crippen LogP contribution in [0.1, 0.15) is 97.0 Å². The van der Waals surface area contributed by atoms with Crippen molar-refractivity contribution in [3.05, 3.63) is 53.4 Å². The summed E-state index contributed by atoms with van der Waals surface area (Å²) in [6.45, 7) is 20.2. The molecule has 1 aliphatic carbocycles. The molecule has 0 radical (unpaired) electrons. The molecule has 54 heavy (non-hydrogen) atoms. The first-order chi connectivity index (χ1) is 25.8. The number of nitrogens with one attached hydrogen (secondary N) is 2. The number of amides is 2. The third-order valence-corrected chi connectivity index (χ3v) is 12.7. The molecule has 1 aromatic heterocycles. The molecule has 1 saturated heterocycles. The van der Waals surface area contributed by atoms with Crippen molar-refractivity contribution in [2.75, 3.05) is 26.0 Å². The number of aryl methyl sites for hydroxylation is 1. The van der Waals surface area contributed by atoms with E-state index in [1.807, 2.05) is 19.9 Å². The number of allylic oxidation sites excluding steroid dienone is 2. The van der Waals surface area contributed by atoms with Crippen LogP contribution in [0.4, 0.5) is 0 Å². The van der Waals surface area contributed by atoms with Crippen LogP contribution >= 0.6 is 11.8 Å². The molecule has 3 aliphatic heterocycles. The number of aromatic nitrogens is 1. The number of hydrogen-bond donors (Lipinski definition) is 2. The molecule has 2 amide bonds. The molecule has 1 aromatic carbocycles. The molecule has 2 fully saturated rings. The SMILES string of the molecule is C=C/C(=C(\N=C/C)[C@H](C)OC)c1c2c3cc(ccc3n1CCC)C1CSC(=N1)C[C@H](NC(=O)[C@H]1[C@H](C)[C@@H]1C)C(=O)N1CCC[C@H](N1)C(=O)OCC(C)(C)C2. The lowest BCUT2D eigenvalue weighted by molar-refractivity contribution is -0.155. The van der Waals surface area contributed by atoms with Gasteiger partial charge in [0.15, 0.2) is 0 Å². The van der Waals surface area contributed by atoms with Crippen molar-refractivity contribution in [2.45, 2.75) is 111 Å². The summed E-state index contributed by atoms with van der Waals surface area (Å²) in [7, 11) is 1.69. The number of esters is 1. The second kappa shape index (κ2) is 16.5. The van der Waals surface area contributed by atoms with Crippen molar-refractivity contribution < 1.29 is 23.9 Å². The van der Waals surface area contributed by atoms with E-state index < -0.39 is 23.5 Å². The number of hydrogen-bond acceptors (Lipinski definition) is 9. The van der Waals surface area contributed by atoms with Crippen LogP contribution in [-0.4, -0.2) is 82.8 Å². The fourth-order valence-corrected chi connectivity index (χ4v) is 9.35. The number of benzene rings is 1. The van der Waals surface area contributed by atoms with Crippen molar-refractivity contribution in [3.8, 4) is 0 Å². The van der Waals surface area contributed by atoms with Gasteiger partial charge in [-0.3, -0.25) is 29.4 Å². The summed E-state index contributed by atoms with van der Waals surface area (Å²) in [5.41, 5.74) is 8.79. The Balaban J connectivity index is 1.49. The number of carbonyl (C=O) groups excluding carboxylic acids is 3. The first kappa shape index (κ1) is 39.9. The van der Waals surface area contributed by atoms with Crippen LogP contribution in [0, 0.1) is 23.2 Å². The van der Waals surface area contributed by atoms with Crippen molar-refractivity contribution in [1.82, 2.24) is 20.3 Å². The molecule has 2 aromatic rings. The molecular weight excluding hydrogens is 701 g/mol. The lowest BCUT2D eigenvalue weighted by atomic mass is 9.84. The van der Waals surface area contributed by atoms with Crippen molar-refractivity contribution in [1.29, 1.82) is 0 Å². The smallest absolute Gasteiger partial charge is 0.324 e. The zero-order chi connectivity index (χ0) is 38.9. The van der Waals surface area contributed by atoms with Gasteiger partial charge in [-0.15, -0.1) is 11.8 Å². The fourth-order valence-electron chi connectivity index (χ4n) is 8.25. The fraction of sp³-hybridized carbons (Fsp3) is 0.595. The van der Waals surface area contributed by atoms with Crippen LogP contribution in [0.15, 0.2) is 46.5 Å². The average molecular weight is 759 g/mol. The van der Waals surface area contributed by atoms with Gasteiger partial charge in [-0.25, -0.2) is 5.43 Å². The number of carbonyl (C=O) groups is 3. The van der Waals surface area contributed by atoms with Gasteiger partial charge >= 0.3 is 5.97 Å². The monoisotopic (exact) mass is 758 g/mol. The van der Waals surface area contributed by atoms with E-state index in [4.69, 9.17) is 19.5 Å². The Morgan fingerprint density at radius 2 is 2.04 bits per heavy atom. The van der Waals surface area contributed by atoms with E-state index in [1.54, 1.807) is 25.1 Å². The molecule has 2 N–H and O–H groups in total. The van der Waals surface area contributed by atoms with Crippen molar-refractivity contribution in [2.24, 2.45) is 33.2 Å². The predicted octanol–water partition coefficient (Wildman–Crippen LogP) is 6.66. The number of fused-ring (bicyclic) bond motifs is 5. The molecule has 1 unspecified atom stereocenters. The lowest BCUT2D eigenvalue weighted by Gasteiger charge is -2.35. The second-order valence-corrected chi connectivity index (χ2v) is 17.2. The van der Waals surface area contributed by atoms with Gasteiger partial charge < -0.3 is 19.4 Å². The molecule has 292 valence electrons. The minimum atomic E-state index is -0.805. The average Bonchev–Trinajstić information content (AvgIpc) is 3.42. The number of methoxy groups -OCH3 is 1. The minimum absolute atomic E-state index is 0.100. The quantitative estimate of drug-likeness (QED) is 0.167. The van der Waals surface area contributed by atoms with Crippen molar-refractivity contribution >= 4 is 57.3 Å². The van der Waals surface area contributed by atoms with Crippen LogP contribution in [0.2, 0.25) is 0 Å². The second-order valence-electron chi connectivity index (χ2n) is 16.1. The first-order valence-electron chi connectivity index (χ1n) is 19.6. The van der Waals surface area contributed by atoms with Gasteiger partial charge in [0, 0.05) is 66.4 Å². The standard InChI is InChI=1S/C42H58N6O5S/c1-10-17-47-34-16-15-27-19-29(34)30(38(47)28(11-2)37(43-12-3)26(6)52-9)21-42(7,8)23-53-41(51)31-14-13-18-48(46-31)40(50)32(20-35-44-33(27)22-54-35)45-39(49)36-24(4)25(36)5/h11-12,15-16,19,24-26,31-33,36,46H,2,10,13-14,17-18,20-23H2,1,3-9H3,(H,45,49)/b37-28+,43-12-/t24-,25+,26-,31-,32-,33?,36+/m0/s1. The lowest BCUT2D eigenvalue weighted by Crippen LogP contribution is -2.60. The Morgan fingerprint density at radius 3 is 2.70 bits per heavy atom. The van der Waals surface area contributed by atoms with E-state index in [-0.39, 0.29) is 48.3 Å². The molecule has 4 aliphatic rings. The molecule has 6 rings (SSSR count). The largest absolute Gasteiger partial charge is 0.464 e. The van der Waals surface area contributed by atoms with Crippen LogP contribution < -0.4 is 10.7 Å². The Hall–Kier alpha value is -3.74. The Labute approximate surface area is 324 Å². The molecule has 12 heteroatoms. The summed E-state index contributed by atoms with van der Waals surface area (Å²) < 4.78 is 14.3. The molecule has 0 spiro atoms. The van der Waals surface area contributed by atoms with Crippen LogP contribution in [0.25, 0.3) is 16.5 Å². The first-order valence-corrected chi connectivity index (χ1v) is 20.6. The van der Waals surface area contributed by atoms with Gasteiger partial charge in [0.05, 0.1) is 35.2 Å². The molecule has 4 heterocycles. The van der Waals surface area contributed by atoms with E-state index in [1.165, 1.54) is 5.01 Å². The number of thioether (sulfide) groups is 1. The van der Waals surface area contributed by atoms with E-state index in [9.17, 15) is 14.4 Å². The zero-order valence-electron chi connectivity index (χ0n) is 33.2. The Kier molecular flexibility index (Phi) is 12.2. The van der Waals surface area contributed by atoms with E-state index in [2.05, 4.69) is 74.7 Å². The van der Waals surface area contributed by atoms with E-state index in [0.717, 1.165) is 62.8 Å². The third kappa shape index (κ3) is 8.11. The van der Waals surface area contributed by atoms with Gasteiger partial charge in [-0.2, -0.15) is 0 Å². The third-order valence-electron chi connectivity index (χ3n) is 11.6. The van der Waals surface area contributed by atoms with Gasteiger partial charge in [-0.1, -0.05) is 53.3 Å². The number of hydrazine groups is 1. The zero-order valence-corrected chi connectivity index (χ0v) is 34.1. The van der Waals surface area contributed by atoms with Crippen LogP contribution in [0.3, 0.4) is 0 Å². The molecule has 6 bridgehead atoms. The molecule has 1 saturated carbocycles. The summed E-state index contributed by atoms with van der Waals surface area (Å²) in [5.74, 6) is 0.431. The molecular formula is C42H58N6O5S. The number of cyclic esters (lactones) is 1. The van der Waals surface area contributed by atoms with Crippen molar-refractivity contribution in [3.63, 3.8) is 0 Å². The predicted molar refractivity (Wildman–Crippen MR) is 217 cm³/mol. The number of aliphatic imine (C=N–C) groups is 2. The summed E-state index contributed by atoms with van der Waals surface area (Å²) in [6.07, 6.45) is 6.41. The van der Waals surface area contributed by atoms with Gasteiger partial charge in [0.1, 0.15) is 12.1 Å². The van der Waals surface area contributed by atoms with E-state index >= 15 is 0 Å². The maximum Gasteiger partial charge on any atom is 0.324 e. The van der Waals surface area contributed by atoms with Gasteiger partial charge in [0.2, 0.25) is 5.91 Å². The summed E-state index contributed by atoms with van der Waals surface area (Å²) >= 11 is 1.64. The number of nitrogens with zero attached hydrogens (tertiary/aromatic N) is 4. The summed E-state index contributed by atoms with van der Waals surface area (Å²) in [6, 6.07) is 5.05. The van der Waals surface area contributed by atoms with Gasteiger partial charge in [-0.05, 0) is 74.6 Å².